The van der Waals surface area contributed by atoms with E-state index in [0.717, 1.165) is 11.3 Å². The van der Waals surface area contributed by atoms with Gasteiger partial charge in [0.05, 0.1) is 17.9 Å². The molecule has 0 aliphatic carbocycles. The predicted molar refractivity (Wildman–Crippen MR) is 78.8 cm³/mol. The maximum atomic E-state index is 10.8. The Kier molecular flexibility index (Phi) is 5.43. The summed E-state index contributed by atoms with van der Waals surface area (Å²) >= 11 is 0. The summed E-state index contributed by atoms with van der Waals surface area (Å²) in [6.07, 6.45) is 1.36. The van der Waals surface area contributed by atoms with Gasteiger partial charge in [-0.15, -0.1) is 0 Å². The standard InChI is InChI=1S/C16H18N2O3/c19-9-8-18(11-13-4-2-1-3-5-13)12-15-7-6-14(10-17-15)16(20)21/h1-7,10,19H,8-9,11-12H2,(H,20,21). The number of carbonyl (C=O) groups is 1. The first-order chi connectivity index (χ1) is 10.2. The van der Waals surface area contributed by atoms with Crippen molar-refractivity contribution in [2.24, 2.45) is 0 Å². The Bertz CT molecular complexity index is 570. The molecule has 0 spiro atoms. The van der Waals surface area contributed by atoms with E-state index in [4.69, 9.17) is 10.2 Å². The summed E-state index contributed by atoms with van der Waals surface area (Å²) in [6, 6.07) is 13.2. The molecule has 2 aromatic rings. The predicted octanol–water partition coefficient (Wildman–Crippen LogP) is 1.77. The Morgan fingerprint density at radius 1 is 1.10 bits per heavy atom. The van der Waals surface area contributed by atoms with Crippen molar-refractivity contribution in [1.82, 2.24) is 9.88 Å². The minimum Gasteiger partial charge on any atom is -0.478 e. The highest BCUT2D eigenvalue weighted by molar-refractivity contribution is 5.87. The van der Waals surface area contributed by atoms with Crippen LogP contribution >= 0.6 is 0 Å². The monoisotopic (exact) mass is 286 g/mol. The summed E-state index contributed by atoms with van der Waals surface area (Å²) in [7, 11) is 0. The van der Waals surface area contributed by atoms with Crippen molar-refractivity contribution < 1.29 is 15.0 Å². The minimum atomic E-state index is -0.981. The quantitative estimate of drug-likeness (QED) is 0.811. The average Bonchev–Trinajstić information content (AvgIpc) is 2.49. The number of aromatic nitrogens is 1. The van der Waals surface area contributed by atoms with Gasteiger partial charge in [-0.05, 0) is 17.7 Å². The molecule has 0 aliphatic heterocycles. The third-order valence-electron chi connectivity index (χ3n) is 3.12. The van der Waals surface area contributed by atoms with E-state index in [1.165, 1.54) is 6.20 Å². The van der Waals surface area contributed by atoms with Crippen LogP contribution in [0.3, 0.4) is 0 Å². The normalized spacial score (nSPS) is 10.8. The molecule has 1 aromatic carbocycles. The highest BCUT2D eigenvalue weighted by atomic mass is 16.4. The van der Waals surface area contributed by atoms with E-state index in [-0.39, 0.29) is 12.2 Å². The third kappa shape index (κ3) is 4.66. The molecule has 0 fully saturated rings. The van der Waals surface area contributed by atoms with E-state index >= 15 is 0 Å². The summed E-state index contributed by atoms with van der Waals surface area (Å²) in [4.78, 5) is 17.0. The Morgan fingerprint density at radius 3 is 2.43 bits per heavy atom. The van der Waals surface area contributed by atoms with Gasteiger partial charge in [0.25, 0.3) is 0 Å². The van der Waals surface area contributed by atoms with Crippen molar-refractivity contribution in [3.8, 4) is 0 Å². The van der Waals surface area contributed by atoms with E-state index in [1.807, 2.05) is 30.3 Å². The number of rotatable bonds is 7. The van der Waals surface area contributed by atoms with Gasteiger partial charge in [-0.3, -0.25) is 9.88 Å². The van der Waals surface area contributed by atoms with E-state index in [9.17, 15) is 4.79 Å². The van der Waals surface area contributed by atoms with E-state index in [2.05, 4.69) is 9.88 Å². The van der Waals surface area contributed by atoms with Crippen LogP contribution in [0.2, 0.25) is 0 Å². The second-order valence-electron chi connectivity index (χ2n) is 4.76. The lowest BCUT2D eigenvalue weighted by Crippen LogP contribution is -2.26. The molecule has 2 N–H and O–H groups in total. The second-order valence-corrected chi connectivity index (χ2v) is 4.76. The Labute approximate surface area is 123 Å². The molecule has 0 aliphatic rings. The zero-order valence-electron chi connectivity index (χ0n) is 11.6. The third-order valence-corrected chi connectivity index (χ3v) is 3.12. The highest BCUT2D eigenvalue weighted by Crippen LogP contribution is 2.09. The molecule has 0 saturated heterocycles. The molecule has 5 nitrogen and oxygen atoms in total. The van der Waals surface area contributed by atoms with Crippen LogP contribution in [-0.2, 0) is 13.1 Å². The molecule has 1 aromatic heterocycles. The van der Waals surface area contributed by atoms with Crippen molar-refractivity contribution in [2.45, 2.75) is 13.1 Å². The van der Waals surface area contributed by atoms with Gasteiger partial charge in [-0.1, -0.05) is 30.3 Å². The fraction of sp³-hybridized carbons (Fsp3) is 0.250. The van der Waals surface area contributed by atoms with Crippen molar-refractivity contribution in [3.63, 3.8) is 0 Å². The summed E-state index contributed by atoms with van der Waals surface area (Å²) in [5.41, 5.74) is 2.12. The highest BCUT2D eigenvalue weighted by Gasteiger charge is 2.09. The first kappa shape index (κ1) is 15.2. The maximum Gasteiger partial charge on any atom is 0.337 e. The maximum absolute atomic E-state index is 10.8. The Hall–Kier alpha value is -2.24. The largest absolute Gasteiger partial charge is 0.478 e. The van der Waals surface area contributed by atoms with E-state index in [0.29, 0.717) is 19.6 Å². The average molecular weight is 286 g/mol. The van der Waals surface area contributed by atoms with E-state index in [1.54, 1.807) is 12.1 Å². The lowest BCUT2D eigenvalue weighted by Gasteiger charge is -2.21. The molecule has 110 valence electrons. The van der Waals surface area contributed by atoms with Crippen molar-refractivity contribution >= 4 is 5.97 Å². The number of carboxylic acids is 1. The number of aromatic carboxylic acids is 1. The van der Waals surface area contributed by atoms with Crippen molar-refractivity contribution in [2.75, 3.05) is 13.2 Å². The Morgan fingerprint density at radius 2 is 1.86 bits per heavy atom. The smallest absolute Gasteiger partial charge is 0.337 e. The molecule has 0 atom stereocenters. The number of aliphatic hydroxyl groups is 1. The molecule has 0 saturated carbocycles. The van der Waals surface area contributed by atoms with E-state index < -0.39 is 5.97 Å². The van der Waals surface area contributed by atoms with Gasteiger partial charge in [0.1, 0.15) is 0 Å². The van der Waals surface area contributed by atoms with Gasteiger partial charge >= 0.3 is 5.97 Å². The molecular formula is C16H18N2O3. The van der Waals surface area contributed by atoms with Gasteiger partial charge in [0.2, 0.25) is 0 Å². The summed E-state index contributed by atoms with van der Waals surface area (Å²) in [5.74, 6) is -0.981. The fourth-order valence-electron chi connectivity index (χ4n) is 2.07. The molecule has 0 bridgehead atoms. The summed E-state index contributed by atoms with van der Waals surface area (Å²) in [6.45, 7) is 1.89. The van der Waals surface area contributed by atoms with Gasteiger partial charge in [-0.25, -0.2) is 4.79 Å². The van der Waals surface area contributed by atoms with Gasteiger partial charge in [0.15, 0.2) is 0 Å². The molecule has 21 heavy (non-hydrogen) atoms. The molecule has 1 heterocycles. The van der Waals surface area contributed by atoms with Crippen LogP contribution in [0.15, 0.2) is 48.7 Å². The number of aliphatic hydroxyl groups excluding tert-OH is 1. The first-order valence-corrected chi connectivity index (χ1v) is 6.74. The van der Waals surface area contributed by atoms with Crippen LogP contribution in [0, 0.1) is 0 Å². The SMILES string of the molecule is O=C(O)c1ccc(CN(CCO)Cc2ccccc2)nc1. The topological polar surface area (TPSA) is 73.7 Å². The van der Waals surface area contributed by atoms with Crippen LogP contribution in [0.5, 0.6) is 0 Å². The number of nitrogens with zero attached hydrogens (tertiary/aromatic N) is 2. The Balaban J connectivity index is 2.03. The minimum absolute atomic E-state index is 0.0695. The van der Waals surface area contributed by atoms with Gasteiger partial charge < -0.3 is 10.2 Å². The summed E-state index contributed by atoms with van der Waals surface area (Å²) in [5, 5.41) is 18.0. The fourth-order valence-corrected chi connectivity index (χ4v) is 2.07. The number of hydrogen-bond acceptors (Lipinski definition) is 4. The lowest BCUT2D eigenvalue weighted by atomic mass is 10.2. The number of benzene rings is 1. The molecule has 0 unspecified atom stereocenters. The van der Waals surface area contributed by atoms with Crippen LogP contribution in [0.4, 0.5) is 0 Å². The molecule has 0 amide bonds. The first-order valence-electron chi connectivity index (χ1n) is 6.74. The molecule has 5 heteroatoms. The molecular weight excluding hydrogens is 268 g/mol. The number of carboxylic acid groups (broad SMARTS) is 1. The lowest BCUT2D eigenvalue weighted by molar-refractivity contribution is 0.0696. The zero-order valence-corrected chi connectivity index (χ0v) is 11.6. The zero-order chi connectivity index (χ0) is 15.1. The second kappa shape index (κ2) is 7.52. The van der Waals surface area contributed by atoms with Crippen molar-refractivity contribution in [3.05, 3.63) is 65.5 Å². The van der Waals surface area contributed by atoms with Crippen molar-refractivity contribution in [1.29, 1.82) is 0 Å². The molecule has 0 radical (unpaired) electrons. The number of hydrogen-bond donors (Lipinski definition) is 2. The summed E-state index contributed by atoms with van der Waals surface area (Å²) < 4.78 is 0. The van der Waals surface area contributed by atoms with Crippen LogP contribution in [-0.4, -0.2) is 39.2 Å². The van der Waals surface area contributed by atoms with Crippen LogP contribution in [0.25, 0.3) is 0 Å². The van der Waals surface area contributed by atoms with Crippen LogP contribution < -0.4 is 0 Å². The van der Waals surface area contributed by atoms with Crippen LogP contribution in [0.1, 0.15) is 21.6 Å². The van der Waals surface area contributed by atoms with Gasteiger partial charge in [0, 0.05) is 25.8 Å². The number of pyridine rings is 1. The van der Waals surface area contributed by atoms with Gasteiger partial charge in [-0.2, -0.15) is 0 Å². The molecule has 2 rings (SSSR count).